The van der Waals surface area contributed by atoms with Gasteiger partial charge in [-0.2, -0.15) is 0 Å². The number of thiazole rings is 1. The number of aromatic nitrogens is 1. The van der Waals surface area contributed by atoms with E-state index < -0.39 is 0 Å². The Morgan fingerprint density at radius 1 is 1.27 bits per heavy atom. The maximum Gasteiger partial charge on any atom is 0.307 e. The third kappa shape index (κ3) is 4.91. The van der Waals surface area contributed by atoms with Crippen molar-refractivity contribution < 1.29 is 14.3 Å². The fourth-order valence-electron chi connectivity index (χ4n) is 2.71. The van der Waals surface area contributed by atoms with Gasteiger partial charge in [-0.3, -0.25) is 9.59 Å². The Kier molecular flexibility index (Phi) is 6.04. The predicted molar refractivity (Wildman–Crippen MR) is 102 cm³/mol. The van der Waals surface area contributed by atoms with Gasteiger partial charge in [0.25, 0.3) is 5.91 Å². The molecule has 5 nitrogen and oxygen atoms in total. The average molecular weight is 372 g/mol. The molecule has 0 spiro atoms. The molecule has 1 heterocycles. The smallest absolute Gasteiger partial charge is 0.307 e. The Labute approximate surface area is 158 Å². The van der Waals surface area contributed by atoms with Crippen LogP contribution < -0.4 is 0 Å². The van der Waals surface area contributed by atoms with E-state index in [-0.39, 0.29) is 18.3 Å². The van der Waals surface area contributed by atoms with Gasteiger partial charge in [0.2, 0.25) is 0 Å². The van der Waals surface area contributed by atoms with Crippen LogP contribution in [-0.2, 0) is 9.53 Å². The van der Waals surface area contributed by atoms with Crippen molar-refractivity contribution in [2.75, 3.05) is 19.7 Å². The number of hydrogen-bond donors (Lipinski definition) is 0. The van der Waals surface area contributed by atoms with Crippen LogP contribution >= 0.6 is 11.3 Å². The number of hydrogen-bond acceptors (Lipinski definition) is 5. The van der Waals surface area contributed by atoms with Gasteiger partial charge in [0.05, 0.1) is 13.0 Å². The van der Waals surface area contributed by atoms with Crippen LogP contribution in [-0.4, -0.2) is 41.5 Å². The van der Waals surface area contributed by atoms with Crippen molar-refractivity contribution in [1.82, 2.24) is 9.88 Å². The summed E-state index contributed by atoms with van der Waals surface area (Å²) in [4.78, 5) is 30.8. The first-order valence-corrected chi connectivity index (χ1v) is 9.92. The van der Waals surface area contributed by atoms with E-state index in [1.165, 1.54) is 16.9 Å². The lowest BCUT2D eigenvalue weighted by Gasteiger charge is -2.21. The van der Waals surface area contributed by atoms with Crippen molar-refractivity contribution in [3.63, 3.8) is 0 Å². The van der Waals surface area contributed by atoms with Gasteiger partial charge in [-0.1, -0.05) is 29.8 Å². The number of aryl methyl sites for hydroxylation is 1. The molecule has 1 aromatic heterocycles. The number of benzene rings is 1. The fourth-order valence-corrected chi connectivity index (χ4v) is 3.51. The Morgan fingerprint density at radius 2 is 2.00 bits per heavy atom. The first-order valence-electron chi connectivity index (χ1n) is 9.04. The molecular formula is C20H24N2O3S. The van der Waals surface area contributed by atoms with Crippen molar-refractivity contribution in [2.45, 2.75) is 33.1 Å². The number of nitrogens with zero attached hydrogens (tertiary/aromatic N) is 2. The monoisotopic (exact) mass is 372 g/mol. The minimum atomic E-state index is -0.264. The molecular weight excluding hydrogens is 348 g/mol. The molecule has 0 atom stereocenters. The molecule has 0 aliphatic heterocycles. The normalized spacial score (nSPS) is 13.5. The molecule has 1 aliphatic carbocycles. The molecule has 0 radical (unpaired) electrons. The number of esters is 1. The summed E-state index contributed by atoms with van der Waals surface area (Å²) in [5.41, 5.74) is 2.66. The second-order valence-corrected chi connectivity index (χ2v) is 7.51. The Morgan fingerprint density at radius 3 is 2.65 bits per heavy atom. The van der Waals surface area contributed by atoms with E-state index in [1.807, 2.05) is 36.6 Å². The molecule has 0 N–H and O–H groups in total. The summed E-state index contributed by atoms with van der Waals surface area (Å²) < 4.78 is 4.98. The van der Waals surface area contributed by atoms with E-state index >= 15 is 0 Å². The second kappa shape index (κ2) is 8.45. The van der Waals surface area contributed by atoms with Crippen LogP contribution in [0.1, 0.15) is 42.2 Å². The van der Waals surface area contributed by atoms with E-state index in [2.05, 4.69) is 4.98 Å². The van der Waals surface area contributed by atoms with E-state index in [9.17, 15) is 9.59 Å². The Bertz CT molecular complexity index is 766. The molecule has 1 saturated carbocycles. The topological polar surface area (TPSA) is 59.5 Å². The zero-order valence-electron chi connectivity index (χ0n) is 15.2. The largest absolute Gasteiger partial charge is 0.466 e. The molecule has 26 heavy (non-hydrogen) atoms. The van der Waals surface area contributed by atoms with E-state index in [4.69, 9.17) is 4.74 Å². The molecule has 3 rings (SSSR count). The Hall–Kier alpha value is -2.21. The SMILES string of the molecule is CCOC(=O)CCN(CC1CC1)C(=O)c1csc(-c2ccc(C)cc2)n1. The summed E-state index contributed by atoms with van der Waals surface area (Å²) in [6, 6.07) is 8.12. The van der Waals surface area contributed by atoms with Gasteiger partial charge in [0.15, 0.2) is 0 Å². The highest BCUT2D eigenvalue weighted by atomic mass is 32.1. The van der Waals surface area contributed by atoms with Gasteiger partial charge in [-0.05, 0) is 32.6 Å². The van der Waals surface area contributed by atoms with Crippen molar-refractivity contribution >= 4 is 23.2 Å². The van der Waals surface area contributed by atoms with E-state index in [0.29, 0.717) is 31.3 Å². The molecule has 2 aromatic rings. The van der Waals surface area contributed by atoms with Crippen LogP contribution in [0.3, 0.4) is 0 Å². The van der Waals surface area contributed by atoms with Crippen LogP contribution in [0.15, 0.2) is 29.6 Å². The van der Waals surface area contributed by atoms with Gasteiger partial charge in [0.1, 0.15) is 10.7 Å². The quantitative estimate of drug-likeness (QED) is 0.659. The van der Waals surface area contributed by atoms with E-state index in [0.717, 1.165) is 23.4 Å². The third-order valence-corrected chi connectivity index (χ3v) is 5.27. The molecule has 6 heteroatoms. The first kappa shape index (κ1) is 18.6. The fraction of sp³-hybridized carbons (Fsp3) is 0.450. The van der Waals surface area contributed by atoms with Crippen LogP contribution in [0, 0.1) is 12.8 Å². The summed E-state index contributed by atoms with van der Waals surface area (Å²) in [6.07, 6.45) is 2.52. The summed E-state index contributed by atoms with van der Waals surface area (Å²) in [7, 11) is 0. The van der Waals surface area contributed by atoms with Crippen LogP contribution in [0.25, 0.3) is 10.6 Å². The molecule has 1 fully saturated rings. The summed E-state index contributed by atoms with van der Waals surface area (Å²) in [5.74, 6) is 0.187. The minimum absolute atomic E-state index is 0.101. The van der Waals surface area contributed by atoms with Gasteiger partial charge in [-0.25, -0.2) is 4.98 Å². The van der Waals surface area contributed by atoms with Crippen LogP contribution in [0.2, 0.25) is 0 Å². The van der Waals surface area contributed by atoms with E-state index in [1.54, 1.807) is 11.8 Å². The molecule has 1 amide bonds. The minimum Gasteiger partial charge on any atom is -0.466 e. The number of amides is 1. The maximum absolute atomic E-state index is 12.9. The van der Waals surface area contributed by atoms with Crippen molar-refractivity contribution in [2.24, 2.45) is 5.92 Å². The van der Waals surface area contributed by atoms with Gasteiger partial charge < -0.3 is 9.64 Å². The lowest BCUT2D eigenvalue weighted by atomic mass is 10.2. The van der Waals surface area contributed by atoms with Gasteiger partial charge in [-0.15, -0.1) is 11.3 Å². The second-order valence-electron chi connectivity index (χ2n) is 6.65. The average Bonchev–Trinajstić information content (AvgIpc) is 3.32. The number of ether oxygens (including phenoxy) is 1. The van der Waals surface area contributed by atoms with Gasteiger partial charge in [0, 0.05) is 24.0 Å². The highest BCUT2D eigenvalue weighted by Gasteiger charge is 2.28. The summed E-state index contributed by atoms with van der Waals surface area (Å²) >= 11 is 1.47. The van der Waals surface area contributed by atoms with Crippen LogP contribution in [0.4, 0.5) is 0 Å². The zero-order chi connectivity index (χ0) is 18.5. The number of carbonyl (C=O) groups is 2. The zero-order valence-corrected chi connectivity index (χ0v) is 16.1. The molecule has 1 aromatic carbocycles. The van der Waals surface area contributed by atoms with Gasteiger partial charge >= 0.3 is 5.97 Å². The third-order valence-electron chi connectivity index (χ3n) is 4.38. The first-order chi connectivity index (χ1) is 12.6. The Balaban J connectivity index is 1.69. The number of carbonyl (C=O) groups excluding carboxylic acids is 2. The molecule has 1 aliphatic rings. The highest BCUT2D eigenvalue weighted by Crippen LogP contribution is 2.31. The lowest BCUT2D eigenvalue weighted by Crippen LogP contribution is -2.35. The van der Waals surface area contributed by atoms with Crippen molar-refractivity contribution in [3.8, 4) is 10.6 Å². The summed E-state index contributed by atoms with van der Waals surface area (Å²) in [6.45, 7) is 5.26. The number of rotatable bonds is 8. The predicted octanol–water partition coefficient (Wildman–Crippen LogP) is 3.92. The lowest BCUT2D eigenvalue weighted by molar-refractivity contribution is -0.143. The molecule has 0 bridgehead atoms. The molecule has 0 unspecified atom stereocenters. The molecule has 138 valence electrons. The molecule has 0 saturated heterocycles. The highest BCUT2D eigenvalue weighted by molar-refractivity contribution is 7.13. The van der Waals surface area contributed by atoms with Crippen molar-refractivity contribution in [1.29, 1.82) is 0 Å². The van der Waals surface area contributed by atoms with Crippen molar-refractivity contribution in [3.05, 3.63) is 40.9 Å². The summed E-state index contributed by atoms with van der Waals surface area (Å²) in [5, 5.41) is 2.65. The van der Waals surface area contributed by atoms with Crippen LogP contribution in [0.5, 0.6) is 0 Å². The standard InChI is InChI=1S/C20H24N2O3S/c1-3-25-18(23)10-11-22(12-15-6-7-15)20(24)17-13-26-19(21-17)16-8-4-14(2)5-9-16/h4-5,8-9,13,15H,3,6-7,10-12H2,1-2H3. The maximum atomic E-state index is 12.9.